The number of fused-ring (bicyclic) bond motifs is 1. The van der Waals surface area contributed by atoms with Crippen LogP contribution in [0.1, 0.15) is 44.1 Å². The fourth-order valence-electron chi connectivity index (χ4n) is 3.62. The summed E-state index contributed by atoms with van der Waals surface area (Å²) >= 11 is 1.62. The number of nitrogens with zero attached hydrogens (tertiary/aromatic N) is 3. The maximum atomic E-state index is 11.5. The fraction of sp³-hybridized carbons (Fsp3) is 0.308. The molecule has 8 heteroatoms. The summed E-state index contributed by atoms with van der Waals surface area (Å²) in [7, 11) is 0. The topological polar surface area (TPSA) is 86.2 Å². The zero-order valence-electron chi connectivity index (χ0n) is 19.6. The molecule has 176 valence electrons. The Morgan fingerprint density at radius 2 is 2.03 bits per heavy atom. The summed E-state index contributed by atoms with van der Waals surface area (Å²) < 4.78 is 11.9. The van der Waals surface area contributed by atoms with Crippen LogP contribution in [0.2, 0.25) is 0 Å². The van der Waals surface area contributed by atoms with Gasteiger partial charge in [-0.05, 0) is 57.0 Å². The summed E-state index contributed by atoms with van der Waals surface area (Å²) in [6.07, 6.45) is 0.976. The molecule has 0 saturated carbocycles. The summed E-state index contributed by atoms with van der Waals surface area (Å²) in [5.74, 6) is 2.05. The average Bonchev–Trinajstić information content (AvgIpc) is 3.30. The van der Waals surface area contributed by atoms with E-state index in [0.29, 0.717) is 31.9 Å². The van der Waals surface area contributed by atoms with Crippen LogP contribution in [0.25, 0.3) is 21.5 Å². The number of thiazole rings is 1. The van der Waals surface area contributed by atoms with Crippen LogP contribution in [0.4, 0.5) is 5.82 Å². The van der Waals surface area contributed by atoms with Gasteiger partial charge in [-0.3, -0.25) is 4.79 Å². The lowest BCUT2D eigenvalue weighted by molar-refractivity contribution is -0.143. The molecule has 2 aromatic heterocycles. The van der Waals surface area contributed by atoms with Crippen molar-refractivity contribution in [3.05, 3.63) is 65.4 Å². The molecular weight excluding hydrogens is 448 g/mol. The van der Waals surface area contributed by atoms with Crippen molar-refractivity contribution in [3.63, 3.8) is 0 Å². The minimum Gasteiger partial charge on any atom is -0.494 e. The number of aryl methyl sites for hydroxylation is 1. The predicted molar refractivity (Wildman–Crippen MR) is 135 cm³/mol. The first-order chi connectivity index (χ1) is 16.5. The highest BCUT2D eigenvalue weighted by Crippen LogP contribution is 2.28. The van der Waals surface area contributed by atoms with Crippen LogP contribution >= 0.6 is 11.3 Å². The highest BCUT2D eigenvalue weighted by Gasteiger charge is 2.11. The standard InChI is InChI=1S/C26H28N4O3S/c1-4-32-26(31)9-6-12-33-21-8-5-7-19(13-21)17(2)28-25-15-23(29-18(3)30-25)20-10-11-22-24(14-20)34-16-27-22/h5,7-8,10-11,13-17H,4,6,9,12H2,1-3H3,(H,28,29,30). The Morgan fingerprint density at radius 1 is 1.15 bits per heavy atom. The van der Waals surface area contributed by atoms with Crippen molar-refractivity contribution in [3.8, 4) is 17.0 Å². The highest BCUT2D eigenvalue weighted by atomic mass is 32.1. The highest BCUT2D eigenvalue weighted by molar-refractivity contribution is 7.16. The van der Waals surface area contributed by atoms with Gasteiger partial charge in [-0.1, -0.05) is 18.2 Å². The van der Waals surface area contributed by atoms with Gasteiger partial charge in [0, 0.05) is 18.1 Å². The van der Waals surface area contributed by atoms with Crippen LogP contribution in [0.15, 0.2) is 54.0 Å². The van der Waals surface area contributed by atoms with E-state index < -0.39 is 0 Å². The number of carbonyl (C=O) groups is 1. The summed E-state index contributed by atoms with van der Waals surface area (Å²) in [5.41, 5.74) is 5.83. The van der Waals surface area contributed by atoms with E-state index in [2.05, 4.69) is 39.3 Å². The van der Waals surface area contributed by atoms with Gasteiger partial charge in [0.25, 0.3) is 0 Å². The lowest BCUT2D eigenvalue weighted by atomic mass is 10.1. The molecule has 0 spiro atoms. The number of hydrogen-bond donors (Lipinski definition) is 1. The molecule has 1 unspecified atom stereocenters. The molecule has 1 N–H and O–H groups in total. The maximum absolute atomic E-state index is 11.5. The Bertz CT molecular complexity index is 1270. The van der Waals surface area contributed by atoms with Crippen molar-refractivity contribution in [2.45, 2.75) is 39.7 Å². The molecule has 2 heterocycles. The summed E-state index contributed by atoms with van der Waals surface area (Å²) in [5, 5.41) is 3.49. The van der Waals surface area contributed by atoms with Gasteiger partial charge in [0.15, 0.2) is 0 Å². The molecule has 0 fully saturated rings. The minimum atomic E-state index is -0.191. The van der Waals surface area contributed by atoms with Gasteiger partial charge >= 0.3 is 5.97 Å². The Kier molecular flexibility index (Phi) is 7.69. The number of carbonyl (C=O) groups excluding carboxylic acids is 1. The van der Waals surface area contributed by atoms with Gasteiger partial charge < -0.3 is 14.8 Å². The van der Waals surface area contributed by atoms with Crippen molar-refractivity contribution >= 4 is 33.3 Å². The largest absolute Gasteiger partial charge is 0.494 e. The molecule has 7 nitrogen and oxygen atoms in total. The first-order valence-corrected chi connectivity index (χ1v) is 12.2. The molecule has 4 aromatic rings. The first-order valence-electron chi connectivity index (χ1n) is 11.4. The minimum absolute atomic E-state index is 0.00853. The van der Waals surface area contributed by atoms with Gasteiger partial charge in [-0.15, -0.1) is 11.3 Å². The molecule has 0 aliphatic heterocycles. The monoisotopic (exact) mass is 476 g/mol. The number of benzene rings is 2. The van der Waals surface area contributed by atoms with E-state index in [-0.39, 0.29) is 12.0 Å². The third-order valence-electron chi connectivity index (χ3n) is 5.29. The van der Waals surface area contributed by atoms with Crippen molar-refractivity contribution in [2.24, 2.45) is 0 Å². The Morgan fingerprint density at radius 3 is 2.88 bits per heavy atom. The number of nitrogens with one attached hydrogen (secondary N) is 1. The van der Waals surface area contributed by atoms with Crippen LogP contribution in [0, 0.1) is 6.92 Å². The number of aromatic nitrogens is 3. The van der Waals surface area contributed by atoms with Crippen molar-refractivity contribution in [1.29, 1.82) is 0 Å². The molecule has 0 saturated heterocycles. The maximum Gasteiger partial charge on any atom is 0.305 e. The molecule has 0 aliphatic rings. The third kappa shape index (κ3) is 6.08. The second-order valence-corrected chi connectivity index (χ2v) is 8.80. The first kappa shape index (κ1) is 23.6. The summed E-state index contributed by atoms with van der Waals surface area (Å²) in [6, 6.07) is 16.1. The van der Waals surface area contributed by atoms with Crippen LogP contribution < -0.4 is 10.1 Å². The van der Waals surface area contributed by atoms with Crippen LogP contribution in [-0.4, -0.2) is 34.1 Å². The molecule has 1 atom stereocenters. The zero-order valence-corrected chi connectivity index (χ0v) is 20.4. The lowest BCUT2D eigenvalue weighted by Gasteiger charge is -2.17. The fourth-order valence-corrected chi connectivity index (χ4v) is 4.34. The second kappa shape index (κ2) is 11.1. The van der Waals surface area contributed by atoms with Crippen molar-refractivity contribution in [2.75, 3.05) is 18.5 Å². The van der Waals surface area contributed by atoms with Gasteiger partial charge in [-0.2, -0.15) is 0 Å². The molecule has 0 radical (unpaired) electrons. The quantitative estimate of drug-likeness (QED) is 0.223. The van der Waals surface area contributed by atoms with Crippen molar-refractivity contribution < 1.29 is 14.3 Å². The lowest BCUT2D eigenvalue weighted by Crippen LogP contribution is -2.10. The van der Waals surface area contributed by atoms with Gasteiger partial charge in [0.05, 0.1) is 40.7 Å². The van der Waals surface area contributed by atoms with E-state index in [4.69, 9.17) is 9.47 Å². The van der Waals surface area contributed by atoms with Gasteiger partial charge in [0.1, 0.15) is 17.4 Å². The number of anilines is 1. The van der Waals surface area contributed by atoms with E-state index in [1.165, 1.54) is 0 Å². The number of esters is 1. The number of rotatable bonds is 10. The normalized spacial score (nSPS) is 11.9. The predicted octanol–water partition coefficient (Wildman–Crippen LogP) is 5.96. The Hall–Kier alpha value is -3.52. The average molecular weight is 477 g/mol. The number of ether oxygens (including phenoxy) is 2. The summed E-state index contributed by atoms with van der Waals surface area (Å²) in [4.78, 5) is 25.0. The SMILES string of the molecule is CCOC(=O)CCCOc1cccc(C(C)Nc2cc(-c3ccc4ncsc4c3)nc(C)n2)c1. The van der Waals surface area contributed by atoms with Crippen LogP contribution in [0.3, 0.4) is 0 Å². The van der Waals surface area contributed by atoms with Crippen LogP contribution in [0.5, 0.6) is 5.75 Å². The van der Waals surface area contributed by atoms with E-state index in [9.17, 15) is 4.79 Å². The smallest absolute Gasteiger partial charge is 0.305 e. The van der Waals surface area contributed by atoms with Gasteiger partial charge in [0.2, 0.25) is 0 Å². The second-order valence-electron chi connectivity index (χ2n) is 7.92. The van der Waals surface area contributed by atoms with E-state index in [1.54, 1.807) is 18.3 Å². The van der Waals surface area contributed by atoms with E-state index in [1.807, 2.05) is 48.8 Å². The summed E-state index contributed by atoms with van der Waals surface area (Å²) in [6.45, 7) is 6.65. The number of hydrogen-bond acceptors (Lipinski definition) is 8. The molecule has 0 aliphatic carbocycles. The molecule has 0 amide bonds. The molecule has 4 rings (SSSR count). The Balaban J connectivity index is 1.42. The van der Waals surface area contributed by atoms with Gasteiger partial charge in [-0.25, -0.2) is 15.0 Å². The van der Waals surface area contributed by atoms with E-state index >= 15 is 0 Å². The van der Waals surface area contributed by atoms with Crippen LogP contribution in [-0.2, 0) is 9.53 Å². The Labute approximate surface area is 203 Å². The zero-order chi connectivity index (χ0) is 23.9. The van der Waals surface area contributed by atoms with E-state index in [0.717, 1.165) is 38.6 Å². The molecular formula is C26H28N4O3S. The molecule has 0 bridgehead atoms. The molecule has 34 heavy (non-hydrogen) atoms. The van der Waals surface area contributed by atoms with Crippen molar-refractivity contribution in [1.82, 2.24) is 15.0 Å². The molecule has 2 aromatic carbocycles. The third-order valence-corrected chi connectivity index (χ3v) is 6.08.